The van der Waals surface area contributed by atoms with E-state index in [1.807, 2.05) is 0 Å². The van der Waals surface area contributed by atoms with Crippen LogP contribution in [0.2, 0.25) is 0 Å². The minimum atomic E-state index is 0.747. The fourth-order valence-corrected chi connectivity index (χ4v) is 3.04. The second kappa shape index (κ2) is 7.65. The molecule has 1 fully saturated rings. The van der Waals surface area contributed by atoms with Gasteiger partial charge < -0.3 is 10.6 Å². The second-order valence-corrected chi connectivity index (χ2v) is 5.79. The first-order valence-electron chi connectivity index (χ1n) is 8.03. The zero-order valence-electron chi connectivity index (χ0n) is 13.0. The van der Waals surface area contributed by atoms with Crippen LogP contribution in [0.4, 0.5) is 5.69 Å². The number of likely N-dealkylation sites (tertiary alicyclic amines) is 1. The van der Waals surface area contributed by atoms with E-state index in [9.17, 15) is 0 Å². The van der Waals surface area contributed by atoms with E-state index in [1.165, 1.54) is 37.2 Å². The predicted molar refractivity (Wildman–Crippen MR) is 87.1 cm³/mol. The SMILES string of the molecule is CCN(CC)c1ccc(CN2CCC(CN)CC2)cc1. The van der Waals surface area contributed by atoms with Gasteiger partial charge in [-0.1, -0.05) is 12.1 Å². The van der Waals surface area contributed by atoms with Crippen LogP contribution in [-0.2, 0) is 6.54 Å². The average Bonchev–Trinajstić information content (AvgIpc) is 2.51. The van der Waals surface area contributed by atoms with Crippen molar-refractivity contribution in [1.82, 2.24) is 4.90 Å². The van der Waals surface area contributed by atoms with Crippen LogP contribution in [0.5, 0.6) is 0 Å². The number of nitrogens with two attached hydrogens (primary N) is 1. The molecule has 1 aliphatic heterocycles. The van der Waals surface area contributed by atoms with Gasteiger partial charge in [0.2, 0.25) is 0 Å². The lowest BCUT2D eigenvalue weighted by atomic mass is 9.97. The summed E-state index contributed by atoms with van der Waals surface area (Å²) in [6, 6.07) is 9.08. The molecule has 0 bridgehead atoms. The van der Waals surface area contributed by atoms with Gasteiger partial charge in [-0.2, -0.15) is 0 Å². The van der Waals surface area contributed by atoms with Crippen LogP contribution in [-0.4, -0.2) is 37.6 Å². The highest BCUT2D eigenvalue weighted by Gasteiger charge is 2.17. The molecule has 0 aromatic heterocycles. The molecule has 1 aliphatic rings. The molecule has 20 heavy (non-hydrogen) atoms. The second-order valence-electron chi connectivity index (χ2n) is 5.79. The van der Waals surface area contributed by atoms with Crippen LogP contribution >= 0.6 is 0 Å². The first kappa shape index (κ1) is 15.3. The van der Waals surface area contributed by atoms with Crippen molar-refractivity contribution in [3.8, 4) is 0 Å². The van der Waals surface area contributed by atoms with Crippen LogP contribution in [0.3, 0.4) is 0 Å². The number of hydrogen-bond acceptors (Lipinski definition) is 3. The fourth-order valence-electron chi connectivity index (χ4n) is 3.04. The maximum Gasteiger partial charge on any atom is 0.0366 e. The molecule has 0 amide bonds. The Morgan fingerprint density at radius 3 is 2.20 bits per heavy atom. The van der Waals surface area contributed by atoms with Crippen molar-refractivity contribution >= 4 is 5.69 Å². The minimum Gasteiger partial charge on any atom is -0.372 e. The smallest absolute Gasteiger partial charge is 0.0366 e. The Kier molecular flexibility index (Phi) is 5.86. The highest BCUT2D eigenvalue weighted by molar-refractivity contribution is 5.47. The van der Waals surface area contributed by atoms with Crippen LogP contribution in [0.1, 0.15) is 32.3 Å². The molecule has 0 aliphatic carbocycles. The Labute approximate surface area is 123 Å². The molecular formula is C17H29N3. The van der Waals surface area contributed by atoms with Gasteiger partial charge in [-0.3, -0.25) is 4.90 Å². The number of hydrogen-bond donors (Lipinski definition) is 1. The number of rotatable bonds is 6. The summed E-state index contributed by atoms with van der Waals surface area (Å²) < 4.78 is 0. The van der Waals surface area contributed by atoms with E-state index >= 15 is 0 Å². The third-order valence-electron chi connectivity index (χ3n) is 4.51. The first-order chi connectivity index (χ1) is 9.76. The van der Waals surface area contributed by atoms with Gasteiger partial charge in [-0.05, 0) is 69.9 Å². The molecule has 0 saturated carbocycles. The van der Waals surface area contributed by atoms with E-state index in [1.54, 1.807) is 0 Å². The summed E-state index contributed by atoms with van der Waals surface area (Å²) in [5.74, 6) is 0.747. The third-order valence-corrected chi connectivity index (χ3v) is 4.51. The average molecular weight is 275 g/mol. The Morgan fingerprint density at radius 1 is 1.10 bits per heavy atom. The number of piperidine rings is 1. The quantitative estimate of drug-likeness (QED) is 0.866. The van der Waals surface area contributed by atoms with Gasteiger partial charge in [-0.25, -0.2) is 0 Å². The molecule has 2 rings (SSSR count). The van der Waals surface area contributed by atoms with E-state index < -0.39 is 0 Å². The van der Waals surface area contributed by atoms with E-state index in [4.69, 9.17) is 5.73 Å². The summed E-state index contributed by atoms with van der Waals surface area (Å²) in [6.07, 6.45) is 2.52. The molecular weight excluding hydrogens is 246 g/mol. The Balaban J connectivity index is 1.88. The maximum absolute atomic E-state index is 5.75. The summed E-state index contributed by atoms with van der Waals surface area (Å²) in [7, 11) is 0. The van der Waals surface area contributed by atoms with Crippen LogP contribution in [0.15, 0.2) is 24.3 Å². The molecule has 1 saturated heterocycles. The standard InChI is InChI=1S/C17H29N3/c1-3-20(4-2)17-7-5-16(6-8-17)14-19-11-9-15(13-18)10-12-19/h5-8,15H,3-4,9-14,18H2,1-2H3. The maximum atomic E-state index is 5.75. The topological polar surface area (TPSA) is 32.5 Å². The normalized spacial score (nSPS) is 17.4. The molecule has 112 valence electrons. The summed E-state index contributed by atoms with van der Waals surface area (Å²) >= 11 is 0. The Hall–Kier alpha value is -1.06. The molecule has 0 spiro atoms. The van der Waals surface area contributed by atoms with Crippen molar-refractivity contribution in [3.63, 3.8) is 0 Å². The number of benzene rings is 1. The fraction of sp³-hybridized carbons (Fsp3) is 0.647. The zero-order valence-corrected chi connectivity index (χ0v) is 13.0. The van der Waals surface area contributed by atoms with Gasteiger partial charge in [0, 0.05) is 25.3 Å². The molecule has 2 N–H and O–H groups in total. The summed E-state index contributed by atoms with van der Waals surface area (Å²) in [5.41, 5.74) is 8.51. The molecule has 3 heteroatoms. The minimum absolute atomic E-state index is 0.747. The van der Waals surface area contributed by atoms with E-state index in [-0.39, 0.29) is 0 Å². The van der Waals surface area contributed by atoms with Crippen LogP contribution in [0, 0.1) is 5.92 Å². The van der Waals surface area contributed by atoms with Crippen molar-refractivity contribution in [2.24, 2.45) is 11.7 Å². The molecule has 1 aromatic carbocycles. The zero-order chi connectivity index (χ0) is 14.4. The van der Waals surface area contributed by atoms with Crippen LogP contribution < -0.4 is 10.6 Å². The van der Waals surface area contributed by atoms with Crippen molar-refractivity contribution in [1.29, 1.82) is 0 Å². The van der Waals surface area contributed by atoms with Crippen molar-refractivity contribution < 1.29 is 0 Å². The Bertz CT molecular complexity index is 376. The van der Waals surface area contributed by atoms with Crippen molar-refractivity contribution in [2.75, 3.05) is 37.6 Å². The van der Waals surface area contributed by atoms with E-state index in [0.717, 1.165) is 32.1 Å². The molecule has 3 nitrogen and oxygen atoms in total. The first-order valence-corrected chi connectivity index (χ1v) is 8.03. The highest BCUT2D eigenvalue weighted by Crippen LogP contribution is 2.20. The number of anilines is 1. The van der Waals surface area contributed by atoms with Gasteiger partial charge >= 0.3 is 0 Å². The lowest BCUT2D eigenvalue weighted by Crippen LogP contribution is -2.35. The summed E-state index contributed by atoms with van der Waals surface area (Å²) in [6.45, 7) is 10.9. The van der Waals surface area contributed by atoms with Gasteiger partial charge in [0.05, 0.1) is 0 Å². The van der Waals surface area contributed by atoms with Gasteiger partial charge in [0.15, 0.2) is 0 Å². The van der Waals surface area contributed by atoms with Gasteiger partial charge in [0.1, 0.15) is 0 Å². The number of nitrogens with zero attached hydrogens (tertiary/aromatic N) is 2. The molecule has 0 unspecified atom stereocenters. The molecule has 1 heterocycles. The summed E-state index contributed by atoms with van der Waals surface area (Å²) in [5, 5.41) is 0. The predicted octanol–water partition coefficient (Wildman–Crippen LogP) is 2.70. The summed E-state index contributed by atoms with van der Waals surface area (Å²) in [4.78, 5) is 4.94. The largest absolute Gasteiger partial charge is 0.372 e. The molecule has 0 radical (unpaired) electrons. The molecule has 0 atom stereocenters. The molecule has 1 aromatic rings. The van der Waals surface area contributed by atoms with E-state index in [2.05, 4.69) is 47.9 Å². The lowest BCUT2D eigenvalue weighted by Gasteiger charge is -2.31. The van der Waals surface area contributed by atoms with E-state index in [0.29, 0.717) is 0 Å². The Morgan fingerprint density at radius 2 is 1.70 bits per heavy atom. The van der Waals surface area contributed by atoms with Gasteiger partial charge in [0.25, 0.3) is 0 Å². The monoisotopic (exact) mass is 275 g/mol. The van der Waals surface area contributed by atoms with Crippen molar-refractivity contribution in [2.45, 2.75) is 33.2 Å². The van der Waals surface area contributed by atoms with Gasteiger partial charge in [-0.15, -0.1) is 0 Å². The lowest BCUT2D eigenvalue weighted by molar-refractivity contribution is 0.180. The van der Waals surface area contributed by atoms with Crippen molar-refractivity contribution in [3.05, 3.63) is 29.8 Å². The highest BCUT2D eigenvalue weighted by atomic mass is 15.1. The van der Waals surface area contributed by atoms with Crippen LogP contribution in [0.25, 0.3) is 0 Å². The third kappa shape index (κ3) is 3.97.